The lowest BCUT2D eigenvalue weighted by Gasteiger charge is -2.40. The Labute approximate surface area is 425 Å². The minimum absolute atomic E-state index is 0.174. The van der Waals surface area contributed by atoms with Crippen molar-refractivity contribution < 1.29 is 39.8 Å². The molecule has 0 aromatic rings. The second-order valence-electron chi connectivity index (χ2n) is 20.8. The number of hydrogen-bond donors (Lipinski definition) is 6. The molecule has 6 N–H and O–H groups in total. The summed E-state index contributed by atoms with van der Waals surface area (Å²) in [6.45, 7) is 3.80. The SMILES string of the molecule is CCCCCCCCCCC/C=C\C/C=C\CCCCCCCCCCCCCCCCCC(=O)NC(COC1OC(CO)C(O)C(O)C1O)C(O)/C=C/CCCCCCCCCCCCCCC. The van der Waals surface area contributed by atoms with Gasteiger partial charge in [0.05, 0.1) is 25.4 Å². The summed E-state index contributed by atoms with van der Waals surface area (Å²) >= 11 is 0. The second-order valence-corrected chi connectivity index (χ2v) is 20.8. The van der Waals surface area contributed by atoms with Crippen LogP contribution in [0.3, 0.4) is 0 Å². The summed E-state index contributed by atoms with van der Waals surface area (Å²) in [5.74, 6) is -0.174. The molecule has 9 nitrogen and oxygen atoms in total. The molecule has 1 rings (SSSR count). The van der Waals surface area contributed by atoms with E-state index in [1.807, 2.05) is 6.08 Å². The first kappa shape index (κ1) is 65.4. The lowest BCUT2D eigenvalue weighted by molar-refractivity contribution is -0.302. The van der Waals surface area contributed by atoms with Gasteiger partial charge in [-0.25, -0.2) is 0 Å². The summed E-state index contributed by atoms with van der Waals surface area (Å²) in [6.07, 6.45) is 57.9. The minimum Gasteiger partial charge on any atom is -0.394 e. The van der Waals surface area contributed by atoms with Crippen LogP contribution in [-0.4, -0.2) is 87.5 Å². The Bertz CT molecular complexity index is 1180. The number of amides is 1. The van der Waals surface area contributed by atoms with E-state index >= 15 is 0 Å². The third kappa shape index (κ3) is 39.6. The molecule has 1 saturated heterocycles. The normalized spacial score (nSPS) is 19.7. The molecular formula is C60H113NO8. The van der Waals surface area contributed by atoms with Gasteiger partial charge in [0.1, 0.15) is 24.4 Å². The molecule has 0 aliphatic carbocycles. The van der Waals surface area contributed by atoms with Crippen molar-refractivity contribution in [2.24, 2.45) is 0 Å². The lowest BCUT2D eigenvalue weighted by atomic mass is 9.99. The Morgan fingerprint density at radius 2 is 0.855 bits per heavy atom. The summed E-state index contributed by atoms with van der Waals surface area (Å²) in [4.78, 5) is 13.0. The maximum Gasteiger partial charge on any atom is 0.220 e. The first-order valence-electron chi connectivity index (χ1n) is 29.7. The summed E-state index contributed by atoms with van der Waals surface area (Å²) in [5.41, 5.74) is 0. The van der Waals surface area contributed by atoms with E-state index in [0.29, 0.717) is 6.42 Å². The van der Waals surface area contributed by atoms with Gasteiger partial charge in [-0.1, -0.05) is 262 Å². The summed E-state index contributed by atoms with van der Waals surface area (Å²) < 4.78 is 11.3. The largest absolute Gasteiger partial charge is 0.394 e. The molecule has 1 aliphatic rings. The molecule has 0 radical (unpaired) electrons. The third-order valence-electron chi connectivity index (χ3n) is 14.2. The van der Waals surface area contributed by atoms with Crippen molar-refractivity contribution in [2.75, 3.05) is 13.2 Å². The number of aliphatic hydroxyl groups excluding tert-OH is 5. The van der Waals surface area contributed by atoms with Crippen LogP contribution < -0.4 is 5.32 Å². The number of carbonyl (C=O) groups excluding carboxylic acids is 1. The summed E-state index contributed by atoms with van der Waals surface area (Å²) in [5, 5.41) is 54.5. The van der Waals surface area contributed by atoms with Crippen molar-refractivity contribution in [3.63, 3.8) is 0 Å². The fourth-order valence-corrected chi connectivity index (χ4v) is 9.48. The topological polar surface area (TPSA) is 149 Å². The predicted octanol–water partition coefficient (Wildman–Crippen LogP) is 14.7. The van der Waals surface area contributed by atoms with E-state index in [1.54, 1.807) is 6.08 Å². The zero-order valence-corrected chi connectivity index (χ0v) is 45.1. The Morgan fingerprint density at radius 1 is 0.493 bits per heavy atom. The number of carbonyl (C=O) groups is 1. The van der Waals surface area contributed by atoms with Crippen LogP contribution in [0.5, 0.6) is 0 Å². The molecule has 7 unspecified atom stereocenters. The van der Waals surface area contributed by atoms with Crippen molar-refractivity contribution >= 4 is 5.91 Å². The maximum absolute atomic E-state index is 13.0. The Morgan fingerprint density at radius 3 is 1.25 bits per heavy atom. The molecule has 1 amide bonds. The highest BCUT2D eigenvalue weighted by atomic mass is 16.7. The zero-order chi connectivity index (χ0) is 50.1. The molecule has 0 aromatic heterocycles. The number of allylic oxidation sites excluding steroid dienone is 5. The van der Waals surface area contributed by atoms with Crippen LogP contribution in [0.2, 0.25) is 0 Å². The summed E-state index contributed by atoms with van der Waals surface area (Å²) in [7, 11) is 0. The molecule has 0 spiro atoms. The van der Waals surface area contributed by atoms with Crippen LogP contribution in [0.25, 0.3) is 0 Å². The van der Waals surface area contributed by atoms with Gasteiger partial charge in [0.25, 0.3) is 0 Å². The van der Waals surface area contributed by atoms with E-state index in [4.69, 9.17) is 9.47 Å². The Kier molecular flexibility index (Phi) is 47.4. The molecule has 0 saturated carbocycles. The second kappa shape index (κ2) is 50.0. The smallest absolute Gasteiger partial charge is 0.220 e. The van der Waals surface area contributed by atoms with Gasteiger partial charge >= 0.3 is 0 Å². The third-order valence-corrected chi connectivity index (χ3v) is 14.2. The number of unbranched alkanes of at least 4 members (excludes halogenated alkanes) is 37. The highest BCUT2D eigenvalue weighted by molar-refractivity contribution is 5.76. The molecule has 1 fully saturated rings. The first-order chi connectivity index (χ1) is 33.8. The van der Waals surface area contributed by atoms with Gasteiger partial charge in [-0.05, 0) is 51.4 Å². The van der Waals surface area contributed by atoms with Gasteiger partial charge in [0, 0.05) is 6.42 Å². The number of ether oxygens (including phenoxy) is 2. The number of rotatable bonds is 51. The van der Waals surface area contributed by atoms with E-state index in [9.17, 15) is 30.3 Å². The molecule has 69 heavy (non-hydrogen) atoms. The summed E-state index contributed by atoms with van der Waals surface area (Å²) in [6, 6.07) is -0.804. The monoisotopic (exact) mass is 976 g/mol. The standard InChI is InChI=1S/C60H113NO8/c1-3-5-7-9-11-13-15-17-19-20-21-22-23-24-25-26-27-28-29-30-31-32-33-34-36-38-40-42-44-46-48-50-56(64)61-53(52-68-60-59(67)58(66)57(65)55(51-62)69-60)54(63)49-47-45-43-41-39-37-35-18-16-14-12-10-8-6-4-2/h21-22,24-25,47,49,53-55,57-60,62-63,65-67H,3-20,23,26-46,48,50-52H2,1-2H3,(H,61,64)/b22-21-,25-24-,49-47+. The van der Waals surface area contributed by atoms with Crippen molar-refractivity contribution in [2.45, 2.75) is 326 Å². The molecule has 7 atom stereocenters. The fourth-order valence-electron chi connectivity index (χ4n) is 9.48. The van der Waals surface area contributed by atoms with Gasteiger partial charge in [-0.2, -0.15) is 0 Å². The molecule has 1 heterocycles. The minimum atomic E-state index is -1.57. The predicted molar refractivity (Wildman–Crippen MR) is 290 cm³/mol. The molecule has 9 heteroatoms. The van der Waals surface area contributed by atoms with Crippen molar-refractivity contribution in [3.05, 3.63) is 36.5 Å². The van der Waals surface area contributed by atoms with Crippen LogP contribution in [0.15, 0.2) is 36.5 Å². The molecular weight excluding hydrogens is 863 g/mol. The molecule has 0 aromatic carbocycles. The van der Waals surface area contributed by atoms with Crippen molar-refractivity contribution in [1.82, 2.24) is 5.32 Å². The van der Waals surface area contributed by atoms with Crippen molar-refractivity contribution in [1.29, 1.82) is 0 Å². The Balaban J connectivity index is 2.15. The average Bonchev–Trinajstić information content (AvgIpc) is 3.35. The quantitative estimate of drug-likeness (QED) is 0.0261. The van der Waals surface area contributed by atoms with Crippen LogP contribution in [0, 0.1) is 0 Å². The van der Waals surface area contributed by atoms with Crippen molar-refractivity contribution in [3.8, 4) is 0 Å². The first-order valence-corrected chi connectivity index (χ1v) is 29.7. The lowest BCUT2D eigenvalue weighted by Crippen LogP contribution is -2.60. The molecule has 1 aliphatic heterocycles. The van der Waals surface area contributed by atoms with Gasteiger partial charge in [-0.3, -0.25) is 4.79 Å². The zero-order valence-electron chi connectivity index (χ0n) is 45.1. The number of aliphatic hydroxyl groups is 5. The van der Waals surface area contributed by atoms with E-state index in [1.165, 1.54) is 218 Å². The van der Waals surface area contributed by atoms with Crippen LogP contribution in [0.1, 0.15) is 284 Å². The number of nitrogens with one attached hydrogen (secondary N) is 1. The highest BCUT2D eigenvalue weighted by Crippen LogP contribution is 2.23. The molecule has 406 valence electrons. The maximum atomic E-state index is 13.0. The van der Waals surface area contributed by atoms with Crippen LogP contribution in [0.4, 0.5) is 0 Å². The Hall–Kier alpha value is -1.59. The van der Waals surface area contributed by atoms with Crippen LogP contribution in [-0.2, 0) is 14.3 Å². The van der Waals surface area contributed by atoms with Gasteiger partial charge < -0.3 is 40.3 Å². The van der Waals surface area contributed by atoms with Gasteiger partial charge in [0.15, 0.2) is 6.29 Å². The number of hydrogen-bond acceptors (Lipinski definition) is 8. The average molecular weight is 977 g/mol. The van der Waals surface area contributed by atoms with E-state index in [2.05, 4.69) is 43.5 Å². The van der Waals surface area contributed by atoms with Crippen LogP contribution >= 0.6 is 0 Å². The van der Waals surface area contributed by atoms with E-state index < -0.39 is 49.5 Å². The fraction of sp³-hybridized carbons (Fsp3) is 0.883. The van der Waals surface area contributed by atoms with E-state index in [-0.39, 0.29) is 12.5 Å². The van der Waals surface area contributed by atoms with Gasteiger partial charge in [-0.15, -0.1) is 0 Å². The van der Waals surface area contributed by atoms with E-state index in [0.717, 1.165) is 44.9 Å². The molecule has 0 bridgehead atoms. The highest BCUT2D eigenvalue weighted by Gasteiger charge is 2.44. The van der Waals surface area contributed by atoms with Gasteiger partial charge in [0.2, 0.25) is 5.91 Å².